The minimum atomic E-state index is -0.937. The smallest absolute Gasteiger partial charge is 0.268 e. The summed E-state index contributed by atoms with van der Waals surface area (Å²) >= 11 is 0. The first-order valence-electron chi connectivity index (χ1n) is 10.3. The molecule has 9 nitrogen and oxygen atoms in total. The Bertz CT molecular complexity index is 1270. The topological polar surface area (TPSA) is 125 Å². The molecule has 9 heteroatoms. The van der Waals surface area contributed by atoms with Crippen molar-refractivity contribution in [3.63, 3.8) is 0 Å². The standard InChI is InChI=1S/C24H23N5O4/c1-14-21(23-28-27-22(33-23)17-8-6-16(7-9-17)20(31)13-30)26-19(12-25-14)15-4-10-18(11-5-15)24(32)29(2)3/h4-12,20,30-31H,13H2,1-3H3. The van der Waals surface area contributed by atoms with Crippen molar-refractivity contribution in [2.24, 2.45) is 0 Å². The Morgan fingerprint density at radius 2 is 1.64 bits per heavy atom. The summed E-state index contributed by atoms with van der Waals surface area (Å²) in [6.45, 7) is 1.45. The predicted molar refractivity (Wildman–Crippen MR) is 121 cm³/mol. The van der Waals surface area contributed by atoms with E-state index in [1.807, 2.05) is 12.1 Å². The van der Waals surface area contributed by atoms with Crippen LogP contribution in [0.1, 0.15) is 27.7 Å². The average Bonchev–Trinajstić information content (AvgIpc) is 3.33. The van der Waals surface area contributed by atoms with Gasteiger partial charge in [0, 0.05) is 30.8 Å². The molecule has 0 aliphatic rings. The normalized spacial score (nSPS) is 11.9. The fourth-order valence-corrected chi connectivity index (χ4v) is 3.22. The first-order valence-corrected chi connectivity index (χ1v) is 10.3. The van der Waals surface area contributed by atoms with Crippen molar-refractivity contribution in [1.82, 2.24) is 25.1 Å². The van der Waals surface area contributed by atoms with Crippen LogP contribution in [-0.4, -0.2) is 61.9 Å². The molecular formula is C24H23N5O4. The average molecular weight is 445 g/mol. The molecule has 0 radical (unpaired) electrons. The lowest BCUT2D eigenvalue weighted by Gasteiger charge is -2.10. The zero-order valence-corrected chi connectivity index (χ0v) is 18.4. The first kappa shape index (κ1) is 22.3. The van der Waals surface area contributed by atoms with E-state index < -0.39 is 6.10 Å². The van der Waals surface area contributed by atoms with Gasteiger partial charge in [0.2, 0.25) is 5.89 Å². The fourth-order valence-electron chi connectivity index (χ4n) is 3.22. The third-order valence-corrected chi connectivity index (χ3v) is 5.13. The minimum Gasteiger partial charge on any atom is -0.415 e. The summed E-state index contributed by atoms with van der Waals surface area (Å²) in [5.74, 6) is 0.457. The van der Waals surface area contributed by atoms with Crippen LogP contribution < -0.4 is 0 Å². The second-order valence-electron chi connectivity index (χ2n) is 7.70. The molecule has 2 heterocycles. The zero-order chi connectivity index (χ0) is 23.5. The molecule has 2 aromatic carbocycles. The molecule has 2 N–H and O–H groups in total. The molecule has 0 bridgehead atoms. The second-order valence-corrected chi connectivity index (χ2v) is 7.70. The molecule has 0 aliphatic carbocycles. The number of aliphatic hydroxyl groups is 2. The summed E-state index contributed by atoms with van der Waals surface area (Å²) in [4.78, 5) is 22.7. The number of aliphatic hydroxyl groups excluding tert-OH is 2. The largest absolute Gasteiger partial charge is 0.415 e. The van der Waals surface area contributed by atoms with E-state index in [-0.39, 0.29) is 18.4 Å². The van der Waals surface area contributed by atoms with Gasteiger partial charge in [0.15, 0.2) is 0 Å². The van der Waals surface area contributed by atoms with Gasteiger partial charge in [-0.1, -0.05) is 24.3 Å². The monoisotopic (exact) mass is 445 g/mol. The molecule has 0 aliphatic heterocycles. The molecule has 4 rings (SSSR count). The van der Waals surface area contributed by atoms with Crippen molar-refractivity contribution < 1.29 is 19.4 Å². The third kappa shape index (κ3) is 4.64. The molecule has 4 aromatic rings. The van der Waals surface area contributed by atoms with Crippen LogP contribution in [0.3, 0.4) is 0 Å². The number of carbonyl (C=O) groups excluding carboxylic acids is 1. The van der Waals surface area contributed by atoms with Gasteiger partial charge in [-0.25, -0.2) is 4.98 Å². The lowest BCUT2D eigenvalue weighted by atomic mass is 10.1. The Morgan fingerprint density at radius 1 is 1.00 bits per heavy atom. The molecule has 0 saturated carbocycles. The number of carbonyl (C=O) groups is 1. The molecule has 1 amide bonds. The van der Waals surface area contributed by atoms with Crippen molar-refractivity contribution in [3.05, 3.63) is 71.5 Å². The van der Waals surface area contributed by atoms with Crippen LogP contribution in [0.2, 0.25) is 0 Å². The van der Waals surface area contributed by atoms with Gasteiger partial charge in [0.05, 0.1) is 24.2 Å². The van der Waals surface area contributed by atoms with E-state index in [1.54, 1.807) is 63.6 Å². The molecule has 33 heavy (non-hydrogen) atoms. The van der Waals surface area contributed by atoms with E-state index in [1.165, 1.54) is 4.90 Å². The van der Waals surface area contributed by atoms with E-state index in [9.17, 15) is 9.90 Å². The quantitative estimate of drug-likeness (QED) is 0.464. The third-order valence-electron chi connectivity index (χ3n) is 5.13. The summed E-state index contributed by atoms with van der Waals surface area (Å²) in [7, 11) is 3.42. The lowest BCUT2D eigenvalue weighted by Crippen LogP contribution is -2.21. The van der Waals surface area contributed by atoms with Crippen molar-refractivity contribution >= 4 is 5.91 Å². The molecular weight excluding hydrogens is 422 g/mol. The fraction of sp³-hybridized carbons (Fsp3) is 0.208. The highest BCUT2D eigenvalue weighted by atomic mass is 16.4. The van der Waals surface area contributed by atoms with Crippen molar-refractivity contribution in [1.29, 1.82) is 0 Å². The zero-order valence-electron chi connectivity index (χ0n) is 18.4. The van der Waals surface area contributed by atoms with Crippen LogP contribution in [-0.2, 0) is 0 Å². The number of aryl methyl sites for hydroxylation is 1. The Labute approximate surface area is 190 Å². The van der Waals surface area contributed by atoms with Gasteiger partial charge in [0.1, 0.15) is 11.8 Å². The van der Waals surface area contributed by atoms with Gasteiger partial charge < -0.3 is 19.5 Å². The van der Waals surface area contributed by atoms with Crippen LogP contribution in [0.4, 0.5) is 0 Å². The van der Waals surface area contributed by atoms with Gasteiger partial charge in [-0.3, -0.25) is 9.78 Å². The maximum atomic E-state index is 12.1. The Morgan fingerprint density at radius 3 is 2.27 bits per heavy atom. The minimum absolute atomic E-state index is 0.0745. The molecule has 1 unspecified atom stereocenters. The van der Waals surface area contributed by atoms with E-state index in [0.29, 0.717) is 39.7 Å². The van der Waals surface area contributed by atoms with Gasteiger partial charge in [-0.2, -0.15) is 0 Å². The molecule has 1 atom stereocenters. The molecule has 168 valence electrons. The number of aromatic nitrogens is 4. The van der Waals surface area contributed by atoms with Crippen LogP contribution in [0.5, 0.6) is 0 Å². The van der Waals surface area contributed by atoms with Crippen LogP contribution in [0, 0.1) is 6.92 Å². The van der Waals surface area contributed by atoms with Gasteiger partial charge >= 0.3 is 0 Å². The van der Waals surface area contributed by atoms with Gasteiger partial charge in [0.25, 0.3) is 11.8 Å². The maximum Gasteiger partial charge on any atom is 0.268 e. The number of hydrogen-bond donors (Lipinski definition) is 2. The highest BCUT2D eigenvalue weighted by Crippen LogP contribution is 2.27. The molecule has 0 spiro atoms. The Balaban J connectivity index is 1.61. The SMILES string of the molecule is Cc1ncc(-c2ccc(C(=O)N(C)C)cc2)nc1-c1nnc(-c2ccc(C(O)CO)cc2)o1. The van der Waals surface area contributed by atoms with Crippen LogP contribution in [0.15, 0.2) is 59.1 Å². The summed E-state index contributed by atoms with van der Waals surface area (Å²) in [6, 6.07) is 14.0. The summed E-state index contributed by atoms with van der Waals surface area (Å²) in [5.41, 5.74) is 4.36. The van der Waals surface area contributed by atoms with Gasteiger partial charge in [-0.15, -0.1) is 10.2 Å². The Hall–Kier alpha value is -3.95. The van der Waals surface area contributed by atoms with Gasteiger partial charge in [-0.05, 0) is 36.8 Å². The van der Waals surface area contributed by atoms with Crippen molar-refractivity contribution in [2.45, 2.75) is 13.0 Å². The highest BCUT2D eigenvalue weighted by molar-refractivity contribution is 5.94. The summed E-state index contributed by atoms with van der Waals surface area (Å²) in [6.07, 6.45) is 0.720. The molecule has 0 fully saturated rings. The number of hydrogen-bond acceptors (Lipinski definition) is 8. The number of amides is 1. The number of rotatable bonds is 6. The van der Waals surface area contributed by atoms with Crippen molar-refractivity contribution in [2.75, 3.05) is 20.7 Å². The van der Waals surface area contributed by atoms with Crippen LogP contribution >= 0.6 is 0 Å². The molecule has 2 aromatic heterocycles. The van der Waals surface area contributed by atoms with Crippen LogP contribution in [0.25, 0.3) is 34.3 Å². The van der Waals surface area contributed by atoms with E-state index in [4.69, 9.17) is 9.52 Å². The van der Waals surface area contributed by atoms with E-state index in [2.05, 4.69) is 20.2 Å². The lowest BCUT2D eigenvalue weighted by molar-refractivity contribution is 0.0827. The van der Waals surface area contributed by atoms with E-state index in [0.717, 1.165) is 5.56 Å². The highest BCUT2D eigenvalue weighted by Gasteiger charge is 2.17. The predicted octanol–water partition coefficient (Wildman–Crippen LogP) is 2.90. The first-order chi connectivity index (χ1) is 15.9. The summed E-state index contributed by atoms with van der Waals surface area (Å²) < 4.78 is 5.84. The Kier molecular flexibility index (Phi) is 6.25. The maximum absolute atomic E-state index is 12.1. The van der Waals surface area contributed by atoms with E-state index >= 15 is 0 Å². The number of nitrogens with zero attached hydrogens (tertiary/aromatic N) is 5. The molecule has 0 saturated heterocycles. The second kappa shape index (κ2) is 9.27. The van der Waals surface area contributed by atoms with Crippen molar-refractivity contribution in [3.8, 4) is 34.3 Å². The number of benzene rings is 2. The summed E-state index contributed by atoms with van der Waals surface area (Å²) in [5, 5.41) is 27.0.